The van der Waals surface area contributed by atoms with E-state index in [1.165, 1.54) is 0 Å². The van der Waals surface area contributed by atoms with Crippen molar-refractivity contribution in [1.82, 2.24) is 5.32 Å². The number of aliphatic hydroxyl groups excluding tert-OH is 1. The molecule has 84 valence electrons. The highest BCUT2D eigenvalue weighted by atomic mass is 32.2. The number of nitrogens with one attached hydrogen (secondary N) is 1. The first-order valence-corrected chi connectivity index (χ1v) is 6.79. The zero-order chi connectivity index (χ0) is 10.6. The molecule has 4 nitrogen and oxygen atoms in total. The Hall–Kier alpha value is -0.0700. The summed E-state index contributed by atoms with van der Waals surface area (Å²) in [4.78, 5) is 10.8. The summed E-state index contributed by atoms with van der Waals surface area (Å²) in [5.74, 6) is 2.01. The van der Waals surface area contributed by atoms with Gasteiger partial charge in [0.2, 0.25) is 0 Å². The van der Waals surface area contributed by atoms with Crippen LogP contribution in [0.15, 0.2) is 0 Å². The van der Waals surface area contributed by atoms with Crippen molar-refractivity contribution in [2.75, 3.05) is 36.3 Å². The molecule has 0 bridgehead atoms. The van der Waals surface area contributed by atoms with E-state index >= 15 is 0 Å². The van der Waals surface area contributed by atoms with E-state index in [-0.39, 0.29) is 13.2 Å². The molecule has 0 aliphatic rings. The first kappa shape index (κ1) is 13.9. The predicted molar refractivity (Wildman–Crippen MR) is 61.9 cm³/mol. The van der Waals surface area contributed by atoms with E-state index in [2.05, 4.69) is 17.0 Å². The fourth-order valence-corrected chi connectivity index (χ4v) is 2.47. The normalized spacial score (nSPS) is 9.86. The highest BCUT2D eigenvalue weighted by Crippen LogP contribution is 2.09. The number of hydrogen-bond donors (Lipinski definition) is 2. The van der Waals surface area contributed by atoms with Gasteiger partial charge in [0.15, 0.2) is 0 Å². The number of carbonyl (C=O) groups is 1. The van der Waals surface area contributed by atoms with Gasteiger partial charge in [-0.25, -0.2) is 4.79 Å². The summed E-state index contributed by atoms with van der Waals surface area (Å²) in [7, 11) is 0. The van der Waals surface area contributed by atoms with Gasteiger partial charge in [0.25, 0.3) is 0 Å². The Kier molecular flexibility index (Phi) is 11.0. The minimum atomic E-state index is -0.456. The van der Waals surface area contributed by atoms with Crippen LogP contribution in [0.4, 0.5) is 4.79 Å². The first-order valence-electron chi connectivity index (χ1n) is 4.48. The van der Waals surface area contributed by atoms with Gasteiger partial charge in [0.1, 0.15) is 6.61 Å². The molecule has 1 amide bonds. The molecule has 0 heterocycles. The molecule has 0 aromatic carbocycles. The summed E-state index contributed by atoms with van der Waals surface area (Å²) < 4.78 is 4.60. The van der Waals surface area contributed by atoms with Gasteiger partial charge in [-0.2, -0.15) is 11.8 Å². The number of carbonyl (C=O) groups excluding carboxylic acids is 1. The molecule has 0 aliphatic carbocycles. The van der Waals surface area contributed by atoms with Crippen molar-refractivity contribution >= 4 is 29.6 Å². The average molecular weight is 239 g/mol. The lowest BCUT2D eigenvalue weighted by Gasteiger charge is -2.05. The second-order valence-electron chi connectivity index (χ2n) is 2.31. The SMILES string of the molecule is CCSCSCCNC(=O)OCCO. The lowest BCUT2D eigenvalue weighted by molar-refractivity contribution is 0.119. The Morgan fingerprint density at radius 1 is 1.50 bits per heavy atom. The van der Waals surface area contributed by atoms with E-state index in [4.69, 9.17) is 5.11 Å². The monoisotopic (exact) mass is 239 g/mol. The van der Waals surface area contributed by atoms with Crippen molar-refractivity contribution in [2.45, 2.75) is 6.92 Å². The fraction of sp³-hybridized carbons (Fsp3) is 0.875. The van der Waals surface area contributed by atoms with Crippen molar-refractivity contribution in [3.05, 3.63) is 0 Å². The molecule has 0 atom stereocenters. The van der Waals surface area contributed by atoms with Crippen LogP contribution in [0.1, 0.15) is 6.92 Å². The average Bonchev–Trinajstić information content (AvgIpc) is 2.20. The van der Waals surface area contributed by atoms with Gasteiger partial charge in [-0.15, -0.1) is 11.8 Å². The summed E-state index contributed by atoms with van der Waals surface area (Å²) in [5.41, 5.74) is 0. The highest BCUT2D eigenvalue weighted by Gasteiger charge is 1.98. The topological polar surface area (TPSA) is 58.6 Å². The van der Waals surface area contributed by atoms with Crippen LogP contribution in [0, 0.1) is 0 Å². The van der Waals surface area contributed by atoms with Gasteiger partial charge in [-0.1, -0.05) is 6.92 Å². The van der Waals surface area contributed by atoms with E-state index in [0.29, 0.717) is 6.54 Å². The second kappa shape index (κ2) is 11.0. The molecular weight excluding hydrogens is 222 g/mol. The number of hydrogen-bond acceptors (Lipinski definition) is 5. The van der Waals surface area contributed by atoms with Crippen molar-refractivity contribution < 1.29 is 14.6 Å². The molecule has 0 spiro atoms. The van der Waals surface area contributed by atoms with E-state index < -0.39 is 6.09 Å². The van der Waals surface area contributed by atoms with Crippen LogP contribution < -0.4 is 5.32 Å². The first-order chi connectivity index (χ1) is 6.81. The van der Waals surface area contributed by atoms with Crippen LogP contribution >= 0.6 is 23.5 Å². The maximum absolute atomic E-state index is 10.8. The minimum Gasteiger partial charge on any atom is -0.447 e. The third-order valence-electron chi connectivity index (χ3n) is 1.21. The molecule has 0 fully saturated rings. The summed E-state index contributed by atoms with van der Waals surface area (Å²) in [6, 6.07) is 0. The molecule has 0 aromatic heterocycles. The number of ether oxygens (including phenoxy) is 1. The highest BCUT2D eigenvalue weighted by molar-refractivity contribution is 8.15. The van der Waals surface area contributed by atoms with Gasteiger partial charge in [0, 0.05) is 17.4 Å². The van der Waals surface area contributed by atoms with E-state index in [9.17, 15) is 4.79 Å². The zero-order valence-electron chi connectivity index (χ0n) is 8.32. The summed E-state index contributed by atoms with van der Waals surface area (Å²) in [5, 5.41) is 12.0. The summed E-state index contributed by atoms with van der Waals surface area (Å²) in [6.45, 7) is 2.66. The van der Waals surface area contributed by atoms with Gasteiger partial charge in [-0.05, 0) is 5.75 Å². The lowest BCUT2D eigenvalue weighted by atomic mass is 10.7. The summed E-state index contributed by atoms with van der Waals surface area (Å²) >= 11 is 3.65. The van der Waals surface area contributed by atoms with Crippen molar-refractivity contribution in [3.63, 3.8) is 0 Å². The quantitative estimate of drug-likeness (QED) is 0.491. The lowest BCUT2D eigenvalue weighted by Crippen LogP contribution is -2.27. The Morgan fingerprint density at radius 2 is 2.29 bits per heavy atom. The molecule has 0 saturated heterocycles. The maximum atomic E-state index is 10.8. The third-order valence-corrected chi connectivity index (χ3v) is 3.45. The smallest absolute Gasteiger partial charge is 0.407 e. The largest absolute Gasteiger partial charge is 0.447 e. The molecule has 0 aliphatic heterocycles. The van der Waals surface area contributed by atoms with Crippen molar-refractivity contribution in [3.8, 4) is 0 Å². The van der Waals surface area contributed by atoms with Crippen LogP contribution in [0.5, 0.6) is 0 Å². The number of aliphatic hydroxyl groups is 1. The van der Waals surface area contributed by atoms with Crippen LogP contribution in [-0.4, -0.2) is 47.5 Å². The molecule has 0 radical (unpaired) electrons. The molecular formula is C8H17NO3S2. The van der Waals surface area contributed by atoms with Crippen LogP contribution in [-0.2, 0) is 4.74 Å². The Labute approximate surface area is 93.2 Å². The molecule has 2 N–H and O–H groups in total. The Balaban J connectivity index is 3.07. The molecule has 14 heavy (non-hydrogen) atoms. The fourth-order valence-electron chi connectivity index (χ4n) is 0.616. The van der Waals surface area contributed by atoms with Gasteiger partial charge in [-0.3, -0.25) is 0 Å². The van der Waals surface area contributed by atoms with Gasteiger partial charge < -0.3 is 15.2 Å². The Morgan fingerprint density at radius 3 is 2.93 bits per heavy atom. The second-order valence-corrected chi connectivity index (χ2v) is 5.05. The number of thioether (sulfide) groups is 2. The zero-order valence-corrected chi connectivity index (χ0v) is 9.96. The summed E-state index contributed by atoms with van der Waals surface area (Å²) in [6.07, 6.45) is -0.456. The minimum absolute atomic E-state index is 0.0602. The molecule has 0 saturated carbocycles. The van der Waals surface area contributed by atoms with Gasteiger partial charge >= 0.3 is 6.09 Å². The van der Waals surface area contributed by atoms with E-state index in [1.807, 2.05) is 11.8 Å². The molecule has 0 unspecified atom stereocenters. The number of amides is 1. The maximum Gasteiger partial charge on any atom is 0.407 e. The van der Waals surface area contributed by atoms with Crippen molar-refractivity contribution in [2.24, 2.45) is 0 Å². The molecule has 0 rings (SSSR count). The number of rotatable bonds is 8. The van der Waals surface area contributed by atoms with E-state index in [1.54, 1.807) is 11.8 Å². The Bertz CT molecular complexity index is 147. The van der Waals surface area contributed by atoms with Gasteiger partial charge in [0.05, 0.1) is 6.61 Å². The number of alkyl carbamates (subject to hydrolysis) is 1. The van der Waals surface area contributed by atoms with Crippen molar-refractivity contribution in [1.29, 1.82) is 0 Å². The van der Waals surface area contributed by atoms with Crippen LogP contribution in [0.25, 0.3) is 0 Å². The molecule has 6 heteroatoms. The van der Waals surface area contributed by atoms with Crippen LogP contribution in [0.3, 0.4) is 0 Å². The molecule has 0 aromatic rings. The predicted octanol–water partition coefficient (Wildman–Crippen LogP) is 1.15. The van der Waals surface area contributed by atoms with E-state index in [0.717, 1.165) is 16.6 Å². The standard InChI is InChI=1S/C8H17NO3S2/c1-2-13-7-14-6-3-9-8(11)12-5-4-10/h10H,2-7H2,1H3,(H,9,11). The third kappa shape index (κ3) is 10.0. The van der Waals surface area contributed by atoms with Crippen LogP contribution in [0.2, 0.25) is 0 Å².